The van der Waals surface area contributed by atoms with E-state index in [-0.39, 0.29) is 17.5 Å². The van der Waals surface area contributed by atoms with Crippen LogP contribution in [0.15, 0.2) is 54.6 Å². The maximum Gasteiger partial charge on any atom is 0.255 e. The first kappa shape index (κ1) is 21.9. The Morgan fingerprint density at radius 2 is 1.80 bits per heavy atom. The largest absolute Gasteiger partial charge is 0.493 e. The number of carbonyl (C=O) groups is 1. The molecule has 3 aromatic rings. The quantitative estimate of drug-likeness (QED) is 0.439. The van der Waals surface area contributed by atoms with Crippen molar-refractivity contribution in [3.63, 3.8) is 0 Å². The zero-order valence-corrected chi connectivity index (χ0v) is 18.0. The molecular weight excluding hydrogens is 428 g/mol. The van der Waals surface area contributed by atoms with Crippen molar-refractivity contribution in [2.24, 2.45) is 0 Å². The van der Waals surface area contributed by atoms with E-state index in [0.717, 1.165) is 5.56 Å². The number of halogens is 3. The predicted octanol–water partition coefficient (Wildman–Crippen LogP) is 6.67. The third kappa shape index (κ3) is 5.43. The Labute approximate surface area is 184 Å². The summed E-state index contributed by atoms with van der Waals surface area (Å²) in [6, 6.07) is 14.5. The second-order valence-corrected chi connectivity index (χ2v) is 7.35. The summed E-state index contributed by atoms with van der Waals surface area (Å²) in [6.07, 6.45) is 0. The van der Waals surface area contributed by atoms with Crippen LogP contribution in [-0.2, 0) is 6.61 Å². The standard InChI is InChI=1S/C23H20Cl2FNO3/c1-3-29-22-9-4-15(23(28)27-17-5-8-21(26)20(25)12-17)11-16(22)13-30-18-6-7-19(24)14(2)10-18/h4-12H,3,13H2,1-2H3,(H,27,28). The van der Waals surface area contributed by atoms with Crippen molar-refractivity contribution >= 4 is 34.8 Å². The van der Waals surface area contributed by atoms with Crippen LogP contribution in [0, 0.1) is 12.7 Å². The summed E-state index contributed by atoms with van der Waals surface area (Å²) in [5.74, 6) is 0.386. The molecule has 0 saturated heterocycles. The van der Waals surface area contributed by atoms with Gasteiger partial charge in [-0.05, 0) is 74.0 Å². The normalized spacial score (nSPS) is 10.6. The Balaban J connectivity index is 1.79. The summed E-state index contributed by atoms with van der Waals surface area (Å²) in [6.45, 7) is 4.46. The third-order valence-corrected chi connectivity index (χ3v) is 5.04. The van der Waals surface area contributed by atoms with Crippen LogP contribution in [0.5, 0.6) is 11.5 Å². The van der Waals surface area contributed by atoms with E-state index in [4.69, 9.17) is 32.7 Å². The van der Waals surface area contributed by atoms with E-state index >= 15 is 0 Å². The van der Waals surface area contributed by atoms with Gasteiger partial charge in [-0.25, -0.2) is 4.39 Å². The van der Waals surface area contributed by atoms with Gasteiger partial charge in [0.15, 0.2) is 0 Å². The molecule has 4 nitrogen and oxygen atoms in total. The molecule has 0 aliphatic heterocycles. The Bertz CT molecular complexity index is 1070. The lowest BCUT2D eigenvalue weighted by molar-refractivity contribution is 0.102. The number of hydrogen-bond acceptors (Lipinski definition) is 3. The highest BCUT2D eigenvalue weighted by atomic mass is 35.5. The smallest absolute Gasteiger partial charge is 0.255 e. The van der Waals surface area contributed by atoms with Gasteiger partial charge < -0.3 is 14.8 Å². The predicted molar refractivity (Wildman–Crippen MR) is 117 cm³/mol. The first-order valence-corrected chi connectivity index (χ1v) is 10.0. The number of rotatable bonds is 7. The maximum atomic E-state index is 13.3. The number of amides is 1. The third-order valence-electron chi connectivity index (χ3n) is 4.32. The van der Waals surface area contributed by atoms with E-state index < -0.39 is 5.82 Å². The second kappa shape index (κ2) is 9.83. The van der Waals surface area contributed by atoms with Crippen LogP contribution < -0.4 is 14.8 Å². The van der Waals surface area contributed by atoms with Crippen LogP contribution in [0.4, 0.5) is 10.1 Å². The molecule has 0 aliphatic rings. The fraction of sp³-hybridized carbons (Fsp3) is 0.174. The van der Waals surface area contributed by atoms with Gasteiger partial charge in [0.1, 0.15) is 23.9 Å². The van der Waals surface area contributed by atoms with Gasteiger partial charge >= 0.3 is 0 Å². The Hall–Kier alpha value is -2.76. The summed E-state index contributed by atoms with van der Waals surface area (Å²) in [7, 11) is 0. The number of carbonyl (C=O) groups excluding carboxylic acids is 1. The Morgan fingerprint density at radius 1 is 1.00 bits per heavy atom. The minimum absolute atomic E-state index is 0.0631. The maximum absolute atomic E-state index is 13.3. The molecular formula is C23H20Cl2FNO3. The fourth-order valence-corrected chi connectivity index (χ4v) is 3.07. The van der Waals surface area contributed by atoms with E-state index in [0.29, 0.717) is 39.9 Å². The highest BCUT2D eigenvalue weighted by Gasteiger charge is 2.13. The summed E-state index contributed by atoms with van der Waals surface area (Å²) >= 11 is 11.8. The van der Waals surface area contributed by atoms with Crippen molar-refractivity contribution in [2.45, 2.75) is 20.5 Å². The van der Waals surface area contributed by atoms with Gasteiger partial charge in [0, 0.05) is 21.8 Å². The Morgan fingerprint density at radius 3 is 2.50 bits per heavy atom. The van der Waals surface area contributed by atoms with E-state index in [9.17, 15) is 9.18 Å². The lowest BCUT2D eigenvalue weighted by Crippen LogP contribution is -2.13. The SMILES string of the molecule is CCOc1ccc(C(=O)Nc2ccc(F)c(Cl)c2)cc1COc1ccc(Cl)c(C)c1. The second-order valence-electron chi connectivity index (χ2n) is 6.54. The average molecular weight is 448 g/mol. The first-order chi connectivity index (χ1) is 14.4. The van der Waals surface area contributed by atoms with Gasteiger partial charge in [-0.15, -0.1) is 0 Å². The summed E-state index contributed by atoms with van der Waals surface area (Å²) in [5.41, 5.74) is 2.43. The number of anilines is 1. The number of nitrogens with one attached hydrogen (secondary N) is 1. The molecule has 0 heterocycles. The van der Waals surface area contributed by atoms with Crippen molar-refractivity contribution in [2.75, 3.05) is 11.9 Å². The zero-order chi connectivity index (χ0) is 21.7. The summed E-state index contributed by atoms with van der Waals surface area (Å²) < 4.78 is 24.8. The lowest BCUT2D eigenvalue weighted by atomic mass is 10.1. The minimum Gasteiger partial charge on any atom is -0.493 e. The molecule has 156 valence electrons. The molecule has 0 atom stereocenters. The van der Waals surface area contributed by atoms with Crippen LogP contribution in [0.3, 0.4) is 0 Å². The monoisotopic (exact) mass is 447 g/mol. The molecule has 30 heavy (non-hydrogen) atoms. The lowest BCUT2D eigenvalue weighted by Gasteiger charge is -2.14. The molecule has 0 bridgehead atoms. The summed E-state index contributed by atoms with van der Waals surface area (Å²) in [5, 5.41) is 3.31. The van der Waals surface area contributed by atoms with E-state index in [1.54, 1.807) is 30.3 Å². The first-order valence-electron chi connectivity index (χ1n) is 9.28. The van der Waals surface area contributed by atoms with Crippen LogP contribution in [-0.4, -0.2) is 12.5 Å². The van der Waals surface area contributed by atoms with E-state index in [2.05, 4.69) is 5.32 Å². The van der Waals surface area contributed by atoms with Gasteiger partial charge in [0.25, 0.3) is 5.91 Å². The number of aryl methyl sites for hydroxylation is 1. The van der Waals surface area contributed by atoms with Crippen molar-refractivity contribution in [1.82, 2.24) is 0 Å². The molecule has 1 N–H and O–H groups in total. The van der Waals surface area contributed by atoms with Crippen LogP contribution >= 0.6 is 23.2 Å². The van der Waals surface area contributed by atoms with Crippen molar-refractivity contribution in [3.05, 3.63) is 87.2 Å². The number of hydrogen-bond donors (Lipinski definition) is 1. The van der Waals surface area contributed by atoms with Gasteiger partial charge in [-0.1, -0.05) is 23.2 Å². The van der Waals surface area contributed by atoms with Gasteiger partial charge in [-0.3, -0.25) is 4.79 Å². The Kier molecular flexibility index (Phi) is 7.19. The highest BCUT2D eigenvalue weighted by molar-refractivity contribution is 6.31. The molecule has 0 saturated carbocycles. The molecule has 0 aromatic heterocycles. The molecule has 0 unspecified atom stereocenters. The van der Waals surface area contributed by atoms with Crippen LogP contribution in [0.2, 0.25) is 10.0 Å². The summed E-state index contributed by atoms with van der Waals surface area (Å²) in [4.78, 5) is 12.6. The van der Waals surface area contributed by atoms with Gasteiger partial charge in [-0.2, -0.15) is 0 Å². The minimum atomic E-state index is -0.549. The van der Waals surface area contributed by atoms with Crippen molar-refractivity contribution in [3.8, 4) is 11.5 Å². The van der Waals surface area contributed by atoms with E-state index in [1.807, 2.05) is 19.9 Å². The van der Waals surface area contributed by atoms with Crippen LogP contribution in [0.1, 0.15) is 28.4 Å². The van der Waals surface area contributed by atoms with Crippen LogP contribution in [0.25, 0.3) is 0 Å². The zero-order valence-electron chi connectivity index (χ0n) is 16.5. The molecule has 3 aromatic carbocycles. The molecule has 0 radical (unpaired) electrons. The number of ether oxygens (including phenoxy) is 2. The van der Waals surface area contributed by atoms with Crippen molar-refractivity contribution in [1.29, 1.82) is 0 Å². The highest BCUT2D eigenvalue weighted by Crippen LogP contribution is 2.26. The van der Waals surface area contributed by atoms with Crippen molar-refractivity contribution < 1.29 is 18.7 Å². The van der Waals surface area contributed by atoms with Gasteiger partial charge in [0.05, 0.1) is 11.6 Å². The molecule has 0 spiro atoms. The molecule has 7 heteroatoms. The number of benzene rings is 3. The van der Waals surface area contributed by atoms with E-state index in [1.165, 1.54) is 18.2 Å². The molecule has 0 fully saturated rings. The molecule has 1 amide bonds. The fourth-order valence-electron chi connectivity index (χ4n) is 2.77. The van der Waals surface area contributed by atoms with Gasteiger partial charge in [0.2, 0.25) is 0 Å². The molecule has 0 aliphatic carbocycles. The average Bonchev–Trinajstić information content (AvgIpc) is 2.72. The topological polar surface area (TPSA) is 47.6 Å². The molecule has 3 rings (SSSR count).